The second-order valence-electron chi connectivity index (χ2n) is 5.93. The van der Waals surface area contributed by atoms with Crippen LogP contribution in [0.1, 0.15) is 18.1 Å². The van der Waals surface area contributed by atoms with Crippen molar-refractivity contribution in [2.75, 3.05) is 18.4 Å². The van der Waals surface area contributed by atoms with Crippen molar-refractivity contribution in [2.45, 2.75) is 12.3 Å². The number of furan rings is 1. The molecule has 2 N–H and O–H groups in total. The second kappa shape index (κ2) is 6.76. The summed E-state index contributed by atoms with van der Waals surface area (Å²) in [6, 6.07) is 13.4. The van der Waals surface area contributed by atoms with Crippen LogP contribution >= 0.6 is 0 Å². The number of rotatable bonds is 7. The van der Waals surface area contributed by atoms with Crippen molar-refractivity contribution in [1.82, 2.24) is 25.5 Å². The number of nitrogens with one attached hydrogen (secondary N) is 2. The third-order valence-corrected chi connectivity index (χ3v) is 4.21. The van der Waals surface area contributed by atoms with Gasteiger partial charge in [-0.3, -0.25) is 4.79 Å². The molecule has 1 aliphatic carbocycles. The van der Waals surface area contributed by atoms with Crippen molar-refractivity contribution in [3.63, 3.8) is 0 Å². The molecule has 0 spiro atoms. The van der Waals surface area contributed by atoms with Crippen molar-refractivity contribution < 1.29 is 9.21 Å². The molecule has 1 fully saturated rings. The van der Waals surface area contributed by atoms with E-state index in [4.69, 9.17) is 4.42 Å². The summed E-state index contributed by atoms with van der Waals surface area (Å²) in [5.74, 6) is 1.72. The lowest BCUT2D eigenvalue weighted by atomic mass is 10.2. The highest BCUT2D eigenvalue weighted by Crippen LogP contribution is 2.47. The lowest BCUT2D eigenvalue weighted by Gasteiger charge is -2.08. The molecule has 1 aromatic carbocycles. The van der Waals surface area contributed by atoms with Crippen molar-refractivity contribution in [3.8, 4) is 5.69 Å². The zero-order chi connectivity index (χ0) is 17.1. The highest BCUT2D eigenvalue weighted by atomic mass is 16.3. The minimum atomic E-state index is 0.0146. The molecule has 8 heteroatoms. The first kappa shape index (κ1) is 15.4. The number of nitrogens with zero attached hydrogens (tertiary/aromatic N) is 4. The van der Waals surface area contributed by atoms with Gasteiger partial charge in [-0.05, 0) is 41.1 Å². The van der Waals surface area contributed by atoms with Crippen LogP contribution in [0.25, 0.3) is 5.69 Å². The molecule has 1 saturated carbocycles. The quantitative estimate of drug-likeness (QED) is 0.635. The average Bonchev–Trinajstić information content (AvgIpc) is 3.06. The summed E-state index contributed by atoms with van der Waals surface area (Å²) in [7, 11) is 0. The number of carbonyl (C=O) groups excluding carboxylic acids is 1. The molecule has 0 unspecified atom stereocenters. The number of anilines is 1. The van der Waals surface area contributed by atoms with E-state index in [1.54, 1.807) is 10.9 Å². The molecule has 2 aromatic heterocycles. The Labute approximate surface area is 144 Å². The molecule has 8 nitrogen and oxygen atoms in total. The molecular weight excluding hydrogens is 320 g/mol. The third-order valence-electron chi connectivity index (χ3n) is 4.21. The summed E-state index contributed by atoms with van der Waals surface area (Å²) < 4.78 is 6.97. The molecule has 3 aromatic rings. The topological polar surface area (TPSA) is 97.9 Å². The van der Waals surface area contributed by atoms with Gasteiger partial charge in [-0.25, -0.2) is 0 Å². The van der Waals surface area contributed by atoms with E-state index in [0.717, 1.165) is 17.9 Å². The van der Waals surface area contributed by atoms with E-state index in [9.17, 15) is 4.79 Å². The van der Waals surface area contributed by atoms with E-state index in [2.05, 4.69) is 26.2 Å². The van der Waals surface area contributed by atoms with Gasteiger partial charge in [0.05, 0.1) is 12.0 Å². The van der Waals surface area contributed by atoms with Crippen LogP contribution in [0.15, 0.2) is 53.1 Å². The average molecular weight is 338 g/mol. The fourth-order valence-electron chi connectivity index (χ4n) is 2.83. The van der Waals surface area contributed by atoms with E-state index in [1.165, 1.54) is 0 Å². The number of benzene rings is 1. The normalized spacial score (nSPS) is 18.7. The number of carbonyl (C=O) groups is 1. The van der Waals surface area contributed by atoms with Gasteiger partial charge in [0.25, 0.3) is 0 Å². The SMILES string of the molecule is O=C(NCCNc1nnnn1-c1ccccc1)[C@H]1C[C@H]1c1ccco1. The van der Waals surface area contributed by atoms with Gasteiger partial charge in [0, 0.05) is 24.9 Å². The van der Waals surface area contributed by atoms with Crippen LogP contribution in [0, 0.1) is 5.92 Å². The molecule has 4 rings (SSSR count). The van der Waals surface area contributed by atoms with Gasteiger partial charge in [-0.1, -0.05) is 23.3 Å². The molecule has 1 aliphatic rings. The van der Waals surface area contributed by atoms with Gasteiger partial charge in [0.1, 0.15) is 5.76 Å². The summed E-state index contributed by atoms with van der Waals surface area (Å²) in [5.41, 5.74) is 0.873. The Kier molecular flexibility index (Phi) is 4.16. The summed E-state index contributed by atoms with van der Waals surface area (Å²) in [6.07, 6.45) is 2.49. The molecule has 25 heavy (non-hydrogen) atoms. The smallest absolute Gasteiger partial charge is 0.247 e. The van der Waals surface area contributed by atoms with Crippen LogP contribution in [0.5, 0.6) is 0 Å². The van der Waals surface area contributed by atoms with Gasteiger partial charge >= 0.3 is 0 Å². The number of amides is 1. The Morgan fingerprint density at radius 3 is 2.88 bits per heavy atom. The Balaban J connectivity index is 1.24. The summed E-state index contributed by atoms with van der Waals surface area (Å²) >= 11 is 0. The molecule has 0 radical (unpaired) electrons. The molecule has 1 amide bonds. The van der Waals surface area contributed by atoms with Crippen LogP contribution in [0.4, 0.5) is 5.95 Å². The molecule has 0 aliphatic heterocycles. The Morgan fingerprint density at radius 1 is 1.20 bits per heavy atom. The number of aromatic nitrogens is 4. The Hall–Kier alpha value is -3.16. The number of hydrogen-bond acceptors (Lipinski definition) is 6. The molecule has 128 valence electrons. The van der Waals surface area contributed by atoms with Crippen LogP contribution < -0.4 is 10.6 Å². The van der Waals surface area contributed by atoms with Gasteiger partial charge in [0.15, 0.2) is 0 Å². The van der Waals surface area contributed by atoms with Gasteiger partial charge in [-0.2, -0.15) is 4.68 Å². The summed E-state index contributed by atoms with van der Waals surface area (Å²) in [4.78, 5) is 12.1. The van der Waals surface area contributed by atoms with Crippen LogP contribution in [0.2, 0.25) is 0 Å². The van der Waals surface area contributed by atoms with Gasteiger partial charge in [0.2, 0.25) is 11.9 Å². The first-order valence-corrected chi connectivity index (χ1v) is 8.22. The van der Waals surface area contributed by atoms with Crippen molar-refractivity contribution in [1.29, 1.82) is 0 Å². The number of tetrazole rings is 1. The molecule has 0 saturated heterocycles. The monoisotopic (exact) mass is 338 g/mol. The van der Waals surface area contributed by atoms with Crippen LogP contribution in [-0.2, 0) is 4.79 Å². The summed E-state index contributed by atoms with van der Waals surface area (Å²) in [5, 5.41) is 17.7. The summed E-state index contributed by atoms with van der Waals surface area (Å²) in [6.45, 7) is 1.04. The minimum absolute atomic E-state index is 0.0146. The second-order valence-corrected chi connectivity index (χ2v) is 5.93. The first-order valence-electron chi connectivity index (χ1n) is 8.22. The van der Waals surface area contributed by atoms with Crippen molar-refractivity contribution in [2.24, 2.45) is 5.92 Å². The highest BCUT2D eigenvalue weighted by molar-refractivity contribution is 5.82. The molecular formula is C17H18N6O2. The Morgan fingerprint density at radius 2 is 2.08 bits per heavy atom. The molecule has 0 bridgehead atoms. The van der Waals surface area contributed by atoms with Crippen LogP contribution in [-0.4, -0.2) is 39.2 Å². The maximum absolute atomic E-state index is 12.1. The zero-order valence-corrected chi connectivity index (χ0v) is 13.5. The fraction of sp³-hybridized carbons (Fsp3) is 0.294. The standard InChI is InChI=1S/C17H18N6O2/c24-16(14-11-13(14)15-7-4-10-25-15)18-8-9-19-17-20-21-22-23(17)12-5-2-1-3-6-12/h1-7,10,13-14H,8-9,11H2,(H,18,24)(H,19,20,22)/t13-,14+/m1/s1. The lowest BCUT2D eigenvalue weighted by Crippen LogP contribution is -2.30. The van der Waals surface area contributed by atoms with E-state index in [-0.39, 0.29) is 17.7 Å². The lowest BCUT2D eigenvalue weighted by molar-refractivity contribution is -0.122. The number of para-hydroxylation sites is 1. The molecule has 2 heterocycles. The fourth-order valence-corrected chi connectivity index (χ4v) is 2.83. The Bertz CT molecular complexity index is 830. The van der Waals surface area contributed by atoms with Crippen molar-refractivity contribution >= 4 is 11.9 Å². The first-order chi connectivity index (χ1) is 12.3. The maximum Gasteiger partial charge on any atom is 0.247 e. The largest absolute Gasteiger partial charge is 0.469 e. The minimum Gasteiger partial charge on any atom is -0.469 e. The van der Waals surface area contributed by atoms with E-state index in [0.29, 0.717) is 19.0 Å². The van der Waals surface area contributed by atoms with Crippen molar-refractivity contribution in [3.05, 3.63) is 54.5 Å². The van der Waals surface area contributed by atoms with E-state index < -0.39 is 0 Å². The highest BCUT2D eigenvalue weighted by Gasteiger charge is 2.45. The maximum atomic E-state index is 12.1. The predicted molar refractivity (Wildman–Crippen MR) is 90.2 cm³/mol. The number of hydrogen-bond donors (Lipinski definition) is 2. The molecule has 2 atom stereocenters. The zero-order valence-electron chi connectivity index (χ0n) is 13.5. The third kappa shape index (κ3) is 3.37. The predicted octanol–water partition coefficient (Wildman–Crippen LogP) is 1.59. The van der Waals surface area contributed by atoms with E-state index in [1.807, 2.05) is 42.5 Å². The van der Waals surface area contributed by atoms with E-state index >= 15 is 0 Å². The van der Waals surface area contributed by atoms with Gasteiger partial charge < -0.3 is 15.1 Å². The van der Waals surface area contributed by atoms with Crippen LogP contribution in [0.3, 0.4) is 0 Å². The van der Waals surface area contributed by atoms with Gasteiger partial charge in [-0.15, -0.1) is 0 Å².